The summed E-state index contributed by atoms with van der Waals surface area (Å²) < 4.78 is 0. The average molecular weight is 308 g/mol. The maximum absolute atomic E-state index is 12.1. The Bertz CT molecular complexity index is 661. The van der Waals surface area contributed by atoms with E-state index in [0.29, 0.717) is 21.2 Å². The van der Waals surface area contributed by atoms with Crippen molar-refractivity contribution in [2.24, 2.45) is 0 Å². The van der Waals surface area contributed by atoms with Gasteiger partial charge in [-0.15, -0.1) is 11.3 Å². The standard InChI is InChI=1S/C14H10ClNO3S/c15-10-2-4-11(5-3-10)16-14(19)13-9(7-8-20-13)1-6-12(17)18/h1-8H,(H,16,19)(H,17,18). The van der Waals surface area contributed by atoms with Gasteiger partial charge in [-0.3, -0.25) is 4.79 Å². The first-order chi connectivity index (χ1) is 9.56. The fourth-order valence-corrected chi connectivity index (χ4v) is 2.42. The molecule has 2 aromatic rings. The third-order valence-electron chi connectivity index (χ3n) is 2.41. The Morgan fingerprint density at radius 2 is 1.90 bits per heavy atom. The predicted molar refractivity (Wildman–Crippen MR) is 80.4 cm³/mol. The molecule has 0 saturated heterocycles. The van der Waals surface area contributed by atoms with E-state index in [0.717, 1.165) is 6.08 Å². The molecule has 0 radical (unpaired) electrons. The molecule has 4 nitrogen and oxygen atoms in total. The van der Waals surface area contributed by atoms with Gasteiger partial charge in [0.2, 0.25) is 0 Å². The van der Waals surface area contributed by atoms with Crippen molar-refractivity contribution in [1.82, 2.24) is 0 Å². The number of halogens is 1. The molecular formula is C14H10ClNO3S. The Morgan fingerprint density at radius 1 is 1.20 bits per heavy atom. The number of nitrogens with one attached hydrogen (secondary N) is 1. The van der Waals surface area contributed by atoms with Crippen LogP contribution in [0, 0.1) is 0 Å². The molecule has 0 aliphatic rings. The maximum Gasteiger partial charge on any atom is 0.328 e. The molecule has 0 fully saturated rings. The van der Waals surface area contributed by atoms with E-state index in [9.17, 15) is 9.59 Å². The van der Waals surface area contributed by atoms with Crippen LogP contribution >= 0.6 is 22.9 Å². The number of carboxylic acid groups (broad SMARTS) is 1. The van der Waals surface area contributed by atoms with E-state index in [1.165, 1.54) is 17.4 Å². The Kier molecular flexibility index (Phi) is 4.55. The molecule has 2 rings (SSSR count). The summed E-state index contributed by atoms with van der Waals surface area (Å²) in [5, 5.41) is 13.7. The first-order valence-corrected chi connectivity index (χ1v) is 6.87. The van der Waals surface area contributed by atoms with Crippen molar-refractivity contribution in [2.45, 2.75) is 0 Å². The molecule has 1 heterocycles. The normalized spacial score (nSPS) is 10.7. The molecule has 0 unspecified atom stereocenters. The van der Waals surface area contributed by atoms with Crippen LogP contribution in [-0.4, -0.2) is 17.0 Å². The molecule has 2 N–H and O–H groups in total. The number of thiophene rings is 1. The third-order valence-corrected chi connectivity index (χ3v) is 3.59. The topological polar surface area (TPSA) is 66.4 Å². The molecule has 0 saturated carbocycles. The van der Waals surface area contributed by atoms with Crippen molar-refractivity contribution in [1.29, 1.82) is 0 Å². The zero-order valence-electron chi connectivity index (χ0n) is 10.2. The summed E-state index contributed by atoms with van der Waals surface area (Å²) in [6.07, 6.45) is 2.40. The molecular weight excluding hydrogens is 298 g/mol. The molecule has 0 atom stereocenters. The number of carbonyl (C=O) groups excluding carboxylic acids is 1. The summed E-state index contributed by atoms with van der Waals surface area (Å²) in [6, 6.07) is 8.44. The Morgan fingerprint density at radius 3 is 2.55 bits per heavy atom. The number of carbonyl (C=O) groups is 2. The second-order valence-corrected chi connectivity index (χ2v) is 5.19. The third kappa shape index (κ3) is 3.69. The van der Waals surface area contributed by atoms with Crippen molar-refractivity contribution >= 4 is 46.6 Å². The lowest BCUT2D eigenvalue weighted by atomic mass is 10.2. The quantitative estimate of drug-likeness (QED) is 0.845. The SMILES string of the molecule is O=C(O)C=Cc1ccsc1C(=O)Nc1ccc(Cl)cc1. The van der Waals surface area contributed by atoms with Crippen LogP contribution in [-0.2, 0) is 4.79 Å². The molecule has 1 aromatic heterocycles. The monoisotopic (exact) mass is 307 g/mol. The highest BCUT2D eigenvalue weighted by atomic mass is 35.5. The van der Waals surface area contributed by atoms with Gasteiger partial charge in [-0.1, -0.05) is 11.6 Å². The minimum Gasteiger partial charge on any atom is -0.478 e. The van der Waals surface area contributed by atoms with Crippen LogP contribution in [0.5, 0.6) is 0 Å². The summed E-state index contributed by atoms with van der Waals surface area (Å²) >= 11 is 7.02. The number of carboxylic acids is 1. The van der Waals surface area contributed by atoms with E-state index in [4.69, 9.17) is 16.7 Å². The van der Waals surface area contributed by atoms with Crippen LogP contribution in [0.25, 0.3) is 6.08 Å². The molecule has 0 spiro atoms. The van der Waals surface area contributed by atoms with E-state index >= 15 is 0 Å². The van der Waals surface area contributed by atoms with Crippen LogP contribution in [0.3, 0.4) is 0 Å². The molecule has 0 aliphatic heterocycles. The van der Waals surface area contributed by atoms with Crippen LogP contribution in [0.4, 0.5) is 5.69 Å². The van der Waals surface area contributed by atoms with Crippen molar-refractivity contribution in [3.05, 3.63) is 57.3 Å². The van der Waals surface area contributed by atoms with E-state index in [-0.39, 0.29) is 5.91 Å². The molecule has 0 aliphatic carbocycles. The first-order valence-electron chi connectivity index (χ1n) is 5.61. The van der Waals surface area contributed by atoms with E-state index in [2.05, 4.69) is 5.32 Å². The van der Waals surface area contributed by atoms with Crippen LogP contribution in [0.2, 0.25) is 5.02 Å². The van der Waals surface area contributed by atoms with Crippen LogP contribution < -0.4 is 5.32 Å². The van der Waals surface area contributed by atoms with Crippen molar-refractivity contribution in [2.75, 3.05) is 5.32 Å². The van der Waals surface area contributed by atoms with Crippen LogP contribution in [0.1, 0.15) is 15.2 Å². The molecule has 6 heteroatoms. The van der Waals surface area contributed by atoms with Crippen molar-refractivity contribution < 1.29 is 14.7 Å². The van der Waals surface area contributed by atoms with E-state index < -0.39 is 5.97 Å². The van der Waals surface area contributed by atoms with Gasteiger partial charge in [0.25, 0.3) is 5.91 Å². The van der Waals surface area contributed by atoms with E-state index in [1.807, 2.05) is 0 Å². The molecule has 102 valence electrons. The molecule has 0 bridgehead atoms. The summed E-state index contributed by atoms with van der Waals surface area (Å²) in [4.78, 5) is 23.1. The minimum atomic E-state index is -1.06. The van der Waals surface area contributed by atoms with Gasteiger partial charge >= 0.3 is 5.97 Å². The highest BCUT2D eigenvalue weighted by molar-refractivity contribution is 7.12. The maximum atomic E-state index is 12.1. The Hall–Kier alpha value is -2.11. The smallest absolute Gasteiger partial charge is 0.328 e. The number of anilines is 1. The molecule has 1 aromatic carbocycles. The summed E-state index contributed by atoms with van der Waals surface area (Å²) in [5.41, 5.74) is 1.20. The van der Waals surface area contributed by atoms with Gasteiger partial charge in [-0.05, 0) is 47.4 Å². The summed E-state index contributed by atoms with van der Waals surface area (Å²) in [5.74, 6) is -1.34. The van der Waals surface area contributed by atoms with Crippen molar-refractivity contribution in [3.8, 4) is 0 Å². The zero-order valence-corrected chi connectivity index (χ0v) is 11.7. The highest BCUT2D eigenvalue weighted by Gasteiger charge is 2.12. The molecule has 20 heavy (non-hydrogen) atoms. The fourth-order valence-electron chi connectivity index (χ4n) is 1.52. The van der Waals surface area contributed by atoms with Gasteiger partial charge < -0.3 is 10.4 Å². The zero-order chi connectivity index (χ0) is 14.5. The Balaban J connectivity index is 2.15. The van der Waals surface area contributed by atoms with Gasteiger partial charge in [-0.2, -0.15) is 0 Å². The Labute approximate surface area is 124 Å². The lowest BCUT2D eigenvalue weighted by molar-refractivity contribution is -0.131. The fraction of sp³-hybridized carbons (Fsp3) is 0. The van der Waals surface area contributed by atoms with Gasteiger partial charge in [0.1, 0.15) is 0 Å². The number of hydrogen-bond acceptors (Lipinski definition) is 3. The number of aliphatic carboxylic acids is 1. The summed E-state index contributed by atoms with van der Waals surface area (Å²) in [6.45, 7) is 0. The number of amides is 1. The van der Waals surface area contributed by atoms with Gasteiger partial charge in [-0.25, -0.2) is 4.79 Å². The van der Waals surface area contributed by atoms with Gasteiger partial charge in [0.05, 0.1) is 4.88 Å². The predicted octanol–water partition coefficient (Wildman–Crippen LogP) is 3.75. The summed E-state index contributed by atoms with van der Waals surface area (Å²) in [7, 11) is 0. The van der Waals surface area contributed by atoms with Crippen LogP contribution in [0.15, 0.2) is 41.8 Å². The van der Waals surface area contributed by atoms with Gasteiger partial charge in [0.15, 0.2) is 0 Å². The van der Waals surface area contributed by atoms with Gasteiger partial charge in [0, 0.05) is 16.8 Å². The highest BCUT2D eigenvalue weighted by Crippen LogP contribution is 2.21. The molecule has 1 amide bonds. The average Bonchev–Trinajstić information content (AvgIpc) is 2.87. The largest absolute Gasteiger partial charge is 0.478 e. The lowest BCUT2D eigenvalue weighted by Gasteiger charge is -2.04. The van der Waals surface area contributed by atoms with Crippen molar-refractivity contribution in [3.63, 3.8) is 0 Å². The lowest BCUT2D eigenvalue weighted by Crippen LogP contribution is -2.11. The second kappa shape index (κ2) is 6.36. The van der Waals surface area contributed by atoms with E-state index in [1.54, 1.807) is 35.7 Å². The number of benzene rings is 1. The number of hydrogen-bond donors (Lipinski definition) is 2. The second-order valence-electron chi connectivity index (χ2n) is 3.84. The number of rotatable bonds is 4. The minimum absolute atomic E-state index is 0.285. The first kappa shape index (κ1) is 14.3.